The lowest BCUT2D eigenvalue weighted by Crippen LogP contribution is -2.03. The standard InChI is InChI=1S/C11H13ClO/c1-7(13)10-6-11(10)8-3-2-4-9(12)5-8/h2-5,7,10-11,13H,6H2,1H3/t7-,10+,11+/m0/s1. The Labute approximate surface area is 83.3 Å². The summed E-state index contributed by atoms with van der Waals surface area (Å²) in [5.74, 6) is 0.970. The van der Waals surface area contributed by atoms with Crippen LogP contribution in [0.2, 0.25) is 5.02 Å². The number of halogens is 1. The van der Waals surface area contributed by atoms with Gasteiger partial charge in [0.25, 0.3) is 0 Å². The maximum atomic E-state index is 9.36. The second kappa shape index (κ2) is 3.32. The summed E-state index contributed by atoms with van der Waals surface area (Å²) in [5.41, 5.74) is 1.26. The van der Waals surface area contributed by atoms with Gasteiger partial charge in [-0.1, -0.05) is 23.7 Å². The van der Waals surface area contributed by atoms with Crippen LogP contribution >= 0.6 is 11.6 Å². The quantitative estimate of drug-likeness (QED) is 0.772. The van der Waals surface area contributed by atoms with Crippen LogP contribution in [-0.2, 0) is 0 Å². The van der Waals surface area contributed by atoms with Crippen molar-refractivity contribution in [2.45, 2.75) is 25.4 Å². The molecule has 0 bridgehead atoms. The average molecular weight is 197 g/mol. The van der Waals surface area contributed by atoms with Gasteiger partial charge in [0, 0.05) is 5.02 Å². The zero-order valence-corrected chi connectivity index (χ0v) is 8.33. The van der Waals surface area contributed by atoms with E-state index in [-0.39, 0.29) is 6.10 Å². The highest BCUT2D eigenvalue weighted by Gasteiger charge is 2.41. The van der Waals surface area contributed by atoms with Crippen LogP contribution in [-0.4, -0.2) is 11.2 Å². The number of rotatable bonds is 2. The highest BCUT2D eigenvalue weighted by molar-refractivity contribution is 6.30. The minimum absolute atomic E-state index is 0.191. The highest BCUT2D eigenvalue weighted by Crippen LogP contribution is 2.49. The third-order valence-electron chi connectivity index (χ3n) is 2.74. The van der Waals surface area contributed by atoms with Crippen LogP contribution in [0.1, 0.15) is 24.8 Å². The Balaban J connectivity index is 2.12. The predicted molar refractivity (Wildman–Crippen MR) is 54.0 cm³/mol. The minimum Gasteiger partial charge on any atom is -0.393 e. The van der Waals surface area contributed by atoms with Gasteiger partial charge in [-0.25, -0.2) is 0 Å². The first-order chi connectivity index (χ1) is 6.18. The summed E-state index contributed by atoms with van der Waals surface area (Å²) in [4.78, 5) is 0. The molecular formula is C11H13ClO. The fourth-order valence-corrected chi connectivity index (χ4v) is 2.07. The fourth-order valence-electron chi connectivity index (χ4n) is 1.87. The second-order valence-corrected chi connectivity index (χ2v) is 4.24. The zero-order valence-electron chi connectivity index (χ0n) is 7.57. The molecule has 1 saturated carbocycles. The summed E-state index contributed by atoms with van der Waals surface area (Å²) in [5, 5.41) is 10.1. The van der Waals surface area contributed by atoms with E-state index < -0.39 is 0 Å². The number of hydrogen-bond acceptors (Lipinski definition) is 1. The van der Waals surface area contributed by atoms with Gasteiger partial charge in [-0.15, -0.1) is 0 Å². The Kier molecular flexibility index (Phi) is 2.31. The lowest BCUT2D eigenvalue weighted by Gasteiger charge is -2.03. The van der Waals surface area contributed by atoms with Crippen molar-refractivity contribution in [2.75, 3.05) is 0 Å². The SMILES string of the molecule is C[C@H](O)[C@H]1C[C@@H]1c1cccc(Cl)c1. The van der Waals surface area contributed by atoms with Gasteiger partial charge in [-0.2, -0.15) is 0 Å². The van der Waals surface area contributed by atoms with Crippen LogP contribution in [0.3, 0.4) is 0 Å². The van der Waals surface area contributed by atoms with Crippen molar-refractivity contribution in [2.24, 2.45) is 5.92 Å². The van der Waals surface area contributed by atoms with Crippen molar-refractivity contribution in [3.05, 3.63) is 34.9 Å². The third-order valence-corrected chi connectivity index (χ3v) is 2.97. The number of hydrogen-bond donors (Lipinski definition) is 1. The van der Waals surface area contributed by atoms with Gasteiger partial charge in [0.05, 0.1) is 6.10 Å². The first kappa shape index (κ1) is 9.04. The van der Waals surface area contributed by atoms with Gasteiger partial charge in [-0.05, 0) is 42.9 Å². The average Bonchev–Trinajstić information content (AvgIpc) is 2.82. The molecule has 0 amide bonds. The minimum atomic E-state index is -0.191. The van der Waals surface area contributed by atoms with Crippen LogP contribution in [0.15, 0.2) is 24.3 Å². The van der Waals surface area contributed by atoms with E-state index in [9.17, 15) is 5.11 Å². The smallest absolute Gasteiger partial charge is 0.0546 e. The fraction of sp³-hybridized carbons (Fsp3) is 0.455. The molecule has 0 aromatic heterocycles. The largest absolute Gasteiger partial charge is 0.393 e. The number of aliphatic hydroxyl groups is 1. The van der Waals surface area contributed by atoms with Gasteiger partial charge in [0.2, 0.25) is 0 Å². The summed E-state index contributed by atoms with van der Waals surface area (Å²) in [6.45, 7) is 1.86. The highest BCUT2D eigenvalue weighted by atomic mass is 35.5. The van der Waals surface area contributed by atoms with Gasteiger partial charge < -0.3 is 5.11 Å². The van der Waals surface area contributed by atoms with Crippen molar-refractivity contribution >= 4 is 11.6 Å². The molecule has 1 N–H and O–H groups in total. The summed E-state index contributed by atoms with van der Waals surface area (Å²) in [7, 11) is 0. The molecule has 0 radical (unpaired) electrons. The lowest BCUT2D eigenvalue weighted by molar-refractivity contribution is 0.169. The molecule has 0 unspecified atom stereocenters. The molecule has 0 spiro atoms. The molecule has 1 aromatic rings. The Hall–Kier alpha value is -0.530. The molecule has 13 heavy (non-hydrogen) atoms. The van der Waals surface area contributed by atoms with Crippen LogP contribution in [0.5, 0.6) is 0 Å². The second-order valence-electron chi connectivity index (χ2n) is 3.80. The van der Waals surface area contributed by atoms with E-state index in [2.05, 4.69) is 6.07 Å². The topological polar surface area (TPSA) is 20.2 Å². The van der Waals surface area contributed by atoms with Crippen LogP contribution in [0.25, 0.3) is 0 Å². The summed E-state index contributed by atoms with van der Waals surface area (Å²) in [6, 6.07) is 7.92. The Morgan fingerprint density at radius 1 is 1.54 bits per heavy atom. The molecule has 1 nitrogen and oxygen atoms in total. The Morgan fingerprint density at radius 2 is 2.31 bits per heavy atom. The molecule has 2 heteroatoms. The molecule has 0 aliphatic heterocycles. The van der Waals surface area contributed by atoms with Crippen molar-refractivity contribution in [3.63, 3.8) is 0 Å². The molecule has 1 aliphatic rings. The van der Waals surface area contributed by atoms with E-state index in [0.717, 1.165) is 11.4 Å². The molecule has 2 rings (SSSR count). The van der Waals surface area contributed by atoms with E-state index in [0.29, 0.717) is 11.8 Å². The molecule has 70 valence electrons. The van der Waals surface area contributed by atoms with Gasteiger partial charge in [0.15, 0.2) is 0 Å². The summed E-state index contributed by atoms with van der Waals surface area (Å²) < 4.78 is 0. The molecule has 1 fully saturated rings. The third kappa shape index (κ3) is 1.87. The molecular weight excluding hydrogens is 184 g/mol. The maximum absolute atomic E-state index is 9.36. The monoisotopic (exact) mass is 196 g/mol. The van der Waals surface area contributed by atoms with Crippen molar-refractivity contribution in [3.8, 4) is 0 Å². The van der Waals surface area contributed by atoms with E-state index in [1.54, 1.807) is 0 Å². The zero-order chi connectivity index (χ0) is 9.42. The first-order valence-electron chi connectivity index (χ1n) is 4.62. The molecule has 0 heterocycles. The summed E-state index contributed by atoms with van der Waals surface area (Å²) >= 11 is 5.88. The Bertz CT molecular complexity index is 309. The lowest BCUT2D eigenvalue weighted by atomic mass is 10.1. The van der Waals surface area contributed by atoms with Gasteiger partial charge >= 0.3 is 0 Å². The first-order valence-corrected chi connectivity index (χ1v) is 5.00. The number of aliphatic hydroxyl groups excluding tert-OH is 1. The van der Waals surface area contributed by atoms with Crippen LogP contribution < -0.4 is 0 Å². The van der Waals surface area contributed by atoms with E-state index in [4.69, 9.17) is 11.6 Å². The van der Waals surface area contributed by atoms with E-state index in [1.165, 1.54) is 5.56 Å². The van der Waals surface area contributed by atoms with Crippen molar-refractivity contribution in [1.29, 1.82) is 0 Å². The maximum Gasteiger partial charge on any atom is 0.0546 e. The number of benzene rings is 1. The van der Waals surface area contributed by atoms with Crippen molar-refractivity contribution in [1.82, 2.24) is 0 Å². The molecule has 3 atom stereocenters. The normalized spacial score (nSPS) is 28.5. The molecule has 0 saturated heterocycles. The molecule has 1 aliphatic carbocycles. The molecule has 1 aromatic carbocycles. The Morgan fingerprint density at radius 3 is 2.85 bits per heavy atom. The summed E-state index contributed by atoms with van der Waals surface area (Å²) in [6.07, 6.45) is 0.904. The van der Waals surface area contributed by atoms with Gasteiger partial charge in [-0.3, -0.25) is 0 Å². The van der Waals surface area contributed by atoms with Crippen molar-refractivity contribution < 1.29 is 5.11 Å². The van der Waals surface area contributed by atoms with E-state index >= 15 is 0 Å². The van der Waals surface area contributed by atoms with E-state index in [1.807, 2.05) is 25.1 Å². The predicted octanol–water partition coefficient (Wildman–Crippen LogP) is 2.82. The van der Waals surface area contributed by atoms with Crippen LogP contribution in [0, 0.1) is 5.92 Å². The van der Waals surface area contributed by atoms with Crippen LogP contribution in [0.4, 0.5) is 0 Å². The van der Waals surface area contributed by atoms with Gasteiger partial charge in [0.1, 0.15) is 0 Å².